The summed E-state index contributed by atoms with van der Waals surface area (Å²) in [7, 11) is 3.39. The highest BCUT2D eigenvalue weighted by Crippen LogP contribution is 2.38. The van der Waals surface area contributed by atoms with E-state index in [9.17, 15) is 0 Å². The van der Waals surface area contributed by atoms with Crippen LogP contribution in [0.5, 0.6) is 11.5 Å². The van der Waals surface area contributed by atoms with Gasteiger partial charge in [0, 0.05) is 5.56 Å². The minimum atomic E-state index is -0.110. The number of rotatable bonds is 7. The van der Waals surface area contributed by atoms with Crippen LogP contribution >= 0.6 is 0 Å². The van der Waals surface area contributed by atoms with Gasteiger partial charge >= 0.3 is 0 Å². The Hall–Kier alpha value is -2.93. The van der Waals surface area contributed by atoms with Crippen molar-refractivity contribution in [2.24, 2.45) is 5.92 Å². The number of aromatic nitrogens is 4. The van der Waals surface area contributed by atoms with Crippen molar-refractivity contribution in [2.75, 3.05) is 27.3 Å². The van der Waals surface area contributed by atoms with E-state index in [4.69, 9.17) is 9.47 Å². The minimum absolute atomic E-state index is 0.110. The smallest absolute Gasteiger partial charge is 0.173 e. The zero-order valence-electron chi connectivity index (χ0n) is 17.9. The molecule has 7 nitrogen and oxygen atoms in total. The van der Waals surface area contributed by atoms with Crippen LogP contribution in [0.4, 0.5) is 0 Å². The lowest BCUT2D eigenvalue weighted by atomic mass is 9.95. The van der Waals surface area contributed by atoms with Gasteiger partial charge in [0.15, 0.2) is 5.82 Å². The average molecular weight is 408 g/mol. The van der Waals surface area contributed by atoms with E-state index in [1.165, 1.54) is 0 Å². The summed E-state index contributed by atoms with van der Waals surface area (Å²) in [4.78, 5) is 2.46. The molecule has 158 valence electrons. The first kappa shape index (κ1) is 20.3. The molecule has 1 unspecified atom stereocenters. The maximum absolute atomic E-state index is 5.73. The van der Waals surface area contributed by atoms with Gasteiger partial charge in [0.1, 0.15) is 17.5 Å². The van der Waals surface area contributed by atoms with Gasteiger partial charge in [-0.2, -0.15) is 0 Å². The van der Waals surface area contributed by atoms with Crippen LogP contribution in [0.25, 0.3) is 0 Å². The van der Waals surface area contributed by atoms with Gasteiger partial charge in [-0.15, -0.1) is 5.10 Å². The third-order valence-electron chi connectivity index (χ3n) is 5.89. The van der Waals surface area contributed by atoms with Crippen LogP contribution in [0.2, 0.25) is 0 Å². The Morgan fingerprint density at radius 2 is 1.80 bits per heavy atom. The molecule has 1 aliphatic rings. The second-order valence-corrected chi connectivity index (χ2v) is 7.91. The molecule has 2 heterocycles. The number of hydrogen-bond acceptors (Lipinski definition) is 6. The molecule has 0 N–H and O–H groups in total. The summed E-state index contributed by atoms with van der Waals surface area (Å²) in [6.45, 7) is 4.92. The topological polar surface area (TPSA) is 65.3 Å². The van der Waals surface area contributed by atoms with Gasteiger partial charge in [-0.05, 0) is 66.0 Å². The molecule has 1 saturated heterocycles. The molecular formula is C23H29N5O2. The van der Waals surface area contributed by atoms with Crippen molar-refractivity contribution in [3.8, 4) is 11.5 Å². The molecule has 30 heavy (non-hydrogen) atoms. The molecule has 1 aliphatic heterocycles. The number of piperidine rings is 1. The van der Waals surface area contributed by atoms with Gasteiger partial charge in [0.05, 0.1) is 20.8 Å². The van der Waals surface area contributed by atoms with Crippen molar-refractivity contribution < 1.29 is 9.47 Å². The molecule has 7 heteroatoms. The molecule has 1 fully saturated rings. The number of ether oxygens (including phenoxy) is 2. The second-order valence-electron chi connectivity index (χ2n) is 7.91. The molecular weight excluding hydrogens is 378 g/mol. The third kappa shape index (κ3) is 4.31. The Morgan fingerprint density at radius 3 is 2.50 bits per heavy atom. The Kier molecular flexibility index (Phi) is 6.28. The maximum atomic E-state index is 5.73. The summed E-state index contributed by atoms with van der Waals surface area (Å²) in [6, 6.07) is 16.1. The van der Waals surface area contributed by atoms with Crippen molar-refractivity contribution in [3.05, 3.63) is 65.5 Å². The Morgan fingerprint density at radius 1 is 1.03 bits per heavy atom. The fraction of sp³-hybridized carbons (Fsp3) is 0.435. The first-order chi connectivity index (χ1) is 14.7. The highest BCUT2D eigenvalue weighted by Gasteiger charge is 2.32. The van der Waals surface area contributed by atoms with Gasteiger partial charge < -0.3 is 9.47 Å². The molecule has 2 aromatic carbocycles. The van der Waals surface area contributed by atoms with Gasteiger partial charge in [-0.25, -0.2) is 4.68 Å². The van der Waals surface area contributed by atoms with E-state index in [-0.39, 0.29) is 6.04 Å². The molecule has 0 spiro atoms. The van der Waals surface area contributed by atoms with Crippen LogP contribution in [-0.2, 0) is 6.54 Å². The van der Waals surface area contributed by atoms with E-state index in [1.807, 2.05) is 41.1 Å². The van der Waals surface area contributed by atoms with E-state index in [2.05, 4.69) is 39.5 Å². The number of benzene rings is 2. The van der Waals surface area contributed by atoms with Crippen molar-refractivity contribution in [2.45, 2.75) is 32.4 Å². The van der Waals surface area contributed by atoms with Gasteiger partial charge in [0.2, 0.25) is 0 Å². The fourth-order valence-corrected chi connectivity index (χ4v) is 4.12. The molecule has 1 aromatic heterocycles. The highest BCUT2D eigenvalue weighted by atomic mass is 16.5. The summed E-state index contributed by atoms with van der Waals surface area (Å²) < 4.78 is 13.2. The fourth-order valence-electron chi connectivity index (χ4n) is 4.12. The molecule has 1 atom stereocenters. The number of tetrazole rings is 1. The van der Waals surface area contributed by atoms with E-state index < -0.39 is 0 Å². The van der Waals surface area contributed by atoms with Gasteiger partial charge in [0.25, 0.3) is 0 Å². The SMILES string of the molecule is COc1ccc(OC)c(C(c2nnnn2Cc2ccccc2)N2CCC(C)CC2)c1. The van der Waals surface area contributed by atoms with E-state index in [0.717, 1.165) is 60.3 Å². The molecule has 0 amide bonds. The summed E-state index contributed by atoms with van der Waals surface area (Å²) in [5, 5.41) is 12.8. The molecule has 4 rings (SSSR count). The molecule has 0 radical (unpaired) electrons. The zero-order chi connectivity index (χ0) is 20.9. The largest absolute Gasteiger partial charge is 0.497 e. The zero-order valence-corrected chi connectivity index (χ0v) is 17.9. The number of nitrogens with zero attached hydrogens (tertiary/aromatic N) is 5. The standard InChI is InChI=1S/C23H29N5O2/c1-17-11-13-27(14-12-17)22(20-15-19(29-2)9-10-21(20)30-3)23-24-25-26-28(23)16-18-7-5-4-6-8-18/h4-10,15,17,22H,11-14,16H2,1-3H3. The third-order valence-corrected chi connectivity index (χ3v) is 5.89. The highest BCUT2D eigenvalue weighted by molar-refractivity contribution is 5.44. The lowest BCUT2D eigenvalue weighted by Crippen LogP contribution is -2.38. The van der Waals surface area contributed by atoms with Crippen LogP contribution < -0.4 is 9.47 Å². The van der Waals surface area contributed by atoms with Crippen LogP contribution in [0, 0.1) is 5.92 Å². The predicted octanol–water partition coefficient (Wildman–Crippen LogP) is 3.56. The lowest BCUT2D eigenvalue weighted by molar-refractivity contribution is 0.148. The van der Waals surface area contributed by atoms with Crippen LogP contribution in [0.15, 0.2) is 48.5 Å². The summed E-state index contributed by atoms with van der Waals surface area (Å²) >= 11 is 0. The monoisotopic (exact) mass is 407 g/mol. The Bertz CT molecular complexity index is 951. The molecule has 3 aromatic rings. The number of hydrogen-bond donors (Lipinski definition) is 0. The number of likely N-dealkylation sites (tertiary alicyclic amines) is 1. The maximum Gasteiger partial charge on any atom is 0.173 e. The van der Waals surface area contributed by atoms with Crippen molar-refractivity contribution in [1.29, 1.82) is 0 Å². The van der Waals surface area contributed by atoms with E-state index >= 15 is 0 Å². The molecule has 0 saturated carbocycles. The quantitative estimate of drug-likeness (QED) is 0.597. The van der Waals surface area contributed by atoms with Crippen molar-refractivity contribution in [3.63, 3.8) is 0 Å². The summed E-state index contributed by atoms with van der Waals surface area (Å²) in [6.07, 6.45) is 2.31. The predicted molar refractivity (Wildman–Crippen MR) is 115 cm³/mol. The molecule has 0 aliphatic carbocycles. The lowest BCUT2D eigenvalue weighted by Gasteiger charge is -2.36. The first-order valence-corrected chi connectivity index (χ1v) is 10.5. The Balaban J connectivity index is 1.77. The Labute approximate surface area is 177 Å². The second kappa shape index (κ2) is 9.26. The van der Waals surface area contributed by atoms with Crippen LogP contribution in [0.3, 0.4) is 0 Å². The van der Waals surface area contributed by atoms with Gasteiger partial charge in [-0.1, -0.05) is 37.3 Å². The first-order valence-electron chi connectivity index (χ1n) is 10.5. The summed E-state index contributed by atoms with van der Waals surface area (Å²) in [5.74, 6) is 3.16. The van der Waals surface area contributed by atoms with E-state index in [1.54, 1.807) is 14.2 Å². The molecule has 0 bridgehead atoms. The minimum Gasteiger partial charge on any atom is -0.497 e. The van der Waals surface area contributed by atoms with Crippen molar-refractivity contribution >= 4 is 0 Å². The van der Waals surface area contributed by atoms with E-state index in [0.29, 0.717) is 6.54 Å². The van der Waals surface area contributed by atoms with Gasteiger partial charge in [-0.3, -0.25) is 4.90 Å². The normalized spacial score (nSPS) is 16.4. The average Bonchev–Trinajstić information content (AvgIpc) is 3.23. The van der Waals surface area contributed by atoms with Crippen molar-refractivity contribution in [1.82, 2.24) is 25.1 Å². The summed E-state index contributed by atoms with van der Waals surface area (Å²) in [5.41, 5.74) is 2.19. The van der Waals surface area contributed by atoms with Crippen LogP contribution in [-0.4, -0.2) is 52.4 Å². The van der Waals surface area contributed by atoms with Crippen LogP contribution in [0.1, 0.15) is 42.8 Å². The number of methoxy groups -OCH3 is 2.